The van der Waals surface area contributed by atoms with Crippen LogP contribution in [0, 0.1) is 11.8 Å². The second-order valence-electron chi connectivity index (χ2n) is 8.91. The first-order valence-electron chi connectivity index (χ1n) is 10.8. The molecule has 4 heterocycles. The summed E-state index contributed by atoms with van der Waals surface area (Å²) in [5, 5.41) is 0. The lowest BCUT2D eigenvalue weighted by Gasteiger charge is -2.55. The van der Waals surface area contributed by atoms with Crippen LogP contribution in [0.5, 0.6) is 0 Å². The predicted octanol–water partition coefficient (Wildman–Crippen LogP) is 4.87. The van der Waals surface area contributed by atoms with Crippen molar-refractivity contribution in [3.05, 3.63) is 65.5 Å². The van der Waals surface area contributed by atoms with E-state index in [2.05, 4.69) is 52.5 Å². The highest BCUT2D eigenvalue weighted by atomic mass is 16.5. The average molecular weight is 361 g/mol. The summed E-state index contributed by atoms with van der Waals surface area (Å²) in [5.41, 5.74) is 4.57. The molecule has 7 rings (SSSR count). The van der Waals surface area contributed by atoms with Crippen molar-refractivity contribution in [2.24, 2.45) is 11.8 Å². The standard InChI is InChI=1S/C24H28N2O/c1-2-6-16(7-3-1)17-8-4-5-9-18(17)20-14-22-21-15-25-11-10-19(21)23(20)24-26(22)12-13-27-24/h1-3,6-7,10-11,15,17-18,20,22-24H,4-5,8-9,12-14H2/t17-,18+,20?,22-,23-,24?/m0/s1. The van der Waals surface area contributed by atoms with Crippen molar-refractivity contribution in [3.63, 3.8) is 0 Å². The molecule has 1 saturated carbocycles. The molecular weight excluding hydrogens is 332 g/mol. The lowest BCUT2D eigenvalue weighted by atomic mass is 9.58. The third-order valence-electron chi connectivity index (χ3n) is 7.83. The Morgan fingerprint density at radius 3 is 2.78 bits per heavy atom. The molecule has 0 spiro atoms. The van der Waals surface area contributed by atoms with Crippen LogP contribution in [0.2, 0.25) is 0 Å². The zero-order valence-corrected chi connectivity index (χ0v) is 15.8. The van der Waals surface area contributed by atoms with Crippen LogP contribution in [0.4, 0.5) is 0 Å². The maximum Gasteiger partial charge on any atom is 0.118 e. The Labute approximate surface area is 161 Å². The van der Waals surface area contributed by atoms with Crippen LogP contribution >= 0.6 is 0 Å². The van der Waals surface area contributed by atoms with E-state index in [1.807, 2.05) is 6.20 Å². The fraction of sp³-hybridized carbons (Fsp3) is 0.542. The maximum atomic E-state index is 6.32. The minimum absolute atomic E-state index is 0.294. The van der Waals surface area contributed by atoms with Gasteiger partial charge in [0, 0.05) is 30.9 Å². The van der Waals surface area contributed by atoms with Gasteiger partial charge in [-0.1, -0.05) is 43.2 Å². The highest BCUT2D eigenvalue weighted by molar-refractivity contribution is 5.39. The van der Waals surface area contributed by atoms with E-state index < -0.39 is 0 Å². The third-order valence-corrected chi connectivity index (χ3v) is 7.83. The normalized spacial score (nSPS) is 37.8. The molecule has 2 bridgehead atoms. The Bertz CT molecular complexity index is 822. The topological polar surface area (TPSA) is 25.4 Å². The molecular formula is C24H28N2O. The fourth-order valence-corrected chi connectivity index (χ4v) is 6.81. The Kier molecular flexibility index (Phi) is 3.87. The average Bonchev–Trinajstić information content (AvgIpc) is 3.25. The first-order chi connectivity index (χ1) is 13.4. The van der Waals surface area contributed by atoms with Gasteiger partial charge in [0.15, 0.2) is 0 Å². The molecule has 140 valence electrons. The molecule has 0 radical (unpaired) electrons. The quantitative estimate of drug-likeness (QED) is 0.764. The number of fused-ring (bicyclic) bond motifs is 1. The number of benzene rings is 1. The largest absolute Gasteiger partial charge is 0.361 e. The number of hydrogen-bond donors (Lipinski definition) is 0. The summed E-state index contributed by atoms with van der Waals surface area (Å²) in [7, 11) is 0. The molecule has 6 atom stereocenters. The number of pyridine rings is 1. The molecule has 27 heavy (non-hydrogen) atoms. The number of rotatable bonds is 2. The van der Waals surface area contributed by atoms with Gasteiger partial charge in [-0.25, -0.2) is 0 Å². The van der Waals surface area contributed by atoms with Crippen LogP contribution in [0.1, 0.15) is 66.7 Å². The van der Waals surface area contributed by atoms with Crippen LogP contribution in [0.15, 0.2) is 48.8 Å². The molecule has 3 aliphatic heterocycles. The van der Waals surface area contributed by atoms with E-state index in [0.717, 1.165) is 25.0 Å². The Morgan fingerprint density at radius 1 is 0.963 bits per heavy atom. The Morgan fingerprint density at radius 2 is 1.85 bits per heavy atom. The third kappa shape index (κ3) is 2.44. The zero-order valence-electron chi connectivity index (χ0n) is 15.8. The molecule has 2 aromatic rings. The van der Waals surface area contributed by atoms with Crippen molar-refractivity contribution in [1.29, 1.82) is 0 Å². The first-order valence-corrected chi connectivity index (χ1v) is 10.8. The van der Waals surface area contributed by atoms with Gasteiger partial charge >= 0.3 is 0 Å². The van der Waals surface area contributed by atoms with Crippen LogP contribution in [-0.2, 0) is 4.74 Å². The molecule has 0 amide bonds. The van der Waals surface area contributed by atoms with Crippen molar-refractivity contribution in [2.75, 3.05) is 13.2 Å². The van der Waals surface area contributed by atoms with Crippen molar-refractivity contribution in [3.8, 4) is 0 Å². The summed E-state index contributed by atoms with van der Waals surface area (Å²) in [6.45, 7) is 1.97. The molecule has 0 N–H and O–H groups in total. The van der Waals surface area contributed by atoms with Crippen molar-refractivity contribution < 1.29 is 4.74 Å². The summed E-state index contributed by atoms with van der Waals surface area (Å²) in [6.07, 6.45) is 11.2. The van der Waals surface area contributed by atoms with Gasteiger partial charge in [0.25, 0.3) is 0 Å². The summed E-state index contributed by atoms with van der Waals surface area (Å²) in [4.78, 5) is 7.09. The zero-order chi connectivity index (χ0) is 17.8. The monoisotopic (exact) mass is 360 g/mol. The van der Waals surface area contributed by atoms with E-state index in [1.54, 1.807) is 5.56 Å². The molecule has 2 unspecified atom stereocenters. The second kappa shape index (κ2) is 6.42. The van der Waals surface area contributed by atoms with Crippen molar-refractivity contribution in [1.82, 2.24) is 9.88 Å². The van der Waals surface area contributed by atoms with E-state index in [9.17, 15) is 0 Å². The van der Waals surface area contributed by atoms with Gasteiger partial charge < -0.3 is 4.74 Å². The van der Waals surface area contributed by atoms with Crippen molar-refractivity contribution in [2.45, 2.75) is 56.2 Å². The van der Waals surface area contributed by atoms with Crippen LogP contribution in [-0.4, -0.2) is 29.3 Å². The summed E-state index contributed by atoms with van der Waals surface area (Å²) in [5.74, 6) is 2.74. The summed E-state index contributed by atoms with van der Waals surface area (Å²) < 4.78 is 6.32. The van der Waals surface area contributed by atoms with E-state index in [0.29, 0.717) is 24.1 Å². The minimum Gasteiger partial charge on any atom is -0.361 e. The molecule has 3 nitrogen and oxygen atoms in total. The summed E-state index contributed by atoms with van der Waals surface area (Å²) in [6, 6.07) is 14.1. The maximum absolute atomic E-state index is 6.32. The number of aromatic nitrogens is 1. The number of nitrogens with zero attached hydrogens (tertiary/aromatic N) is 2. The van der Waals surface area contributed by atoms with Crippen LogP contribution < -0.4 is 0 Å². The van der Waals surface area contributed by atoms with Gasteiger partial charge in [-0.15, -0.1) is 0 Å². The van der Waals surface area contributed by atoms with Crippen molar-refractivity contribution >= 4 is 0 Å². The highest BCUT2D eigenvalue weighted by Gasteiger charge is 2.55. The van der Waals surface area contributed by atoms with Gasteiger partial charge in [-0.3, -0.25) is 9.88 Å². The number of hydrogen-bond acceptors (Lipinski definition) is 3. The molecule has 1 aromatic heterocycles. The molecule has 2 saturated heterocycles. The fourth-order valence-electron chi connectivity index (χ4n) is 6.81. The van der Waals surface area contributed by atoms with Crippen LogP contribution in [0.3, 0.4) is 0 Å². The van der Waals surface area contributed by atoms with Gasteiger partial charge in [0.1, 0.15) is 6.23 Å². The molecule has 3 heteroatoms. The van der Waals surface area contributed by atoms with E-state index in [1.165, 1.54) is 43.2 Å². The van der Waals surface area contributed by atoms with E-state index in [-0.39, 0.29) is 0 Å². The number of piperidine rings is 1. The molecule has 3 fully saturated rings. The Hall–Kier alpha value is -1.71. The smallest absolute Gasteiger partial charge is 0.118 e. The van der Waals surface area contributed by atoms with Gasteiger partial charge in [-0.05, 0) is 59.8 Å². The van der Waals surface area contributed by atoms with Gasteiger partial charge in [0.2, 0.25) is 0 Å². The summed E-state index contributed by atoms with van der Waals surface area (Å²) >= 11 is 0. The van der Waals surface area contributed by atoms with E-state index >= 15 is 0 Å². The predicted molar refractivity (Wildman–Crippen MR) is 105 cm³/mol. The minimum atomic E-state index is 0.294. The molecule has 1 aromatic carbocycles. The first kappa shape index (κ1) is 16.3. The lowest BCUT2D eigenvalue weighted by molar-refractivity contribution is -0.0896. The lowest BCUT2D eigenvalue weighted by Crippen LogP contribution is -2.53. The molecule has 2 aliphatic carbocycles. The SMILES string of the molecule is c1ccc([C@@H]2CCCC[C@H]2C2C[C@H]3c4cnccc4[C@@H]2C2OCCN23)cc1. The van der Waals surface area contributed by atoms with Gasteiger partial charge in [-0.2, -0.15) is 0 Å². The second-order valence-corrected chi connectivity index (χ2v) is 8.91. The van der Waals surface area contributed by atoms with E-state index in [4.69, 9.17) is 4.74 Å². The highest BCUT2D eigenvalue weighted by Crippen LogP contribution is 2.59. The Balaban J connectivity index is 1.41. The molecule has 5 aliphatic rings. The number of ether oxygens (including phenoxy) is 1. The van der Waals surface area contributed by atoms with Crippen LogP contribution in [0.25, 0.3) is 0 Å². The van der Waals surface area contributed by atoms with Gasteiger partial charge in [0.05, 0.1) is 6.61 Å².